The van der Waals surface area contributed by atoms with Crippen molar-refractivity contribution in [2.45, 2.75) is 51.0 Å². The van der Waals surface area contributed by atoms with E-state index >= 15 is 0 Å². The lowest BCUT2D eigenvalue weighted by Crippen LogP contribution is -2.45. The number of rotatable bonds is 8. The van der Waals surface area contributed by atoms with Crippen LogP contribution in [0.25, 0.3) is 0 Å². The molecular formula is C25H29Cl2NO4. The third-order valence-corrected chi connectivity index (χ3v) is 7.28. The van der Waals surface area contributed by atoms with Crippen LogP contribution in [0.15, 0.2) is 30.3 Å². The average molecular weight is 478 g/mol. The minimum Gasteiger partial charge on any atom is -0.492 e. The summed E-state index contributed by atoms with van der Waals surface area (Å²) in [6.45, 7) is 4.71. The van der Waals surface area contributed by atoms with E-state index in [4.69, 9.17) is 37.8 Å². The Morgan fingerprint density at radius 3 is 2.56 bits per heavy atom. The van der Waals surface area contributed by atoms with E-state index in [0.717, 1.165) is 62.1 Å². The Balaban J connectivity index is 1.41. The van der Waals surface area contributed by atoms with Gasteiger partial charge in [0.1, 0.15) is 18.1 Å². The summed E-state index contributed by atoms with van der Waals surface area (Å²) in [7, 11) is 0. The Morgan fingerprint density at radius 1 is 1.19 bits per heavy atom. The number of unbranched alkanes of at least 4 members (excludes halogenated alkanes) is 1. The van der Waals surface area contributed by atoms with Crippen molar-refractivity contribution in [1.29, 1.82) is 0 Å². The monoisotopic (exact) mass is 477 g/mol. The van der Waals surface area contributed by atoms with E-state index in [1.165, 1.54) is 5.56 Å². The van der Waals surface area contributed by atoms with Gasteiger partial charge in [0.15, 0.2) is 0 Å². The first-order valence-corrected chi connectivity index (χ1v) is 12.0. The second-order valence-electron chi connectivity index (χ2n) is 8.83. The number of halogens is 2. The van der Waals surface area contributed by atoms with Gasteiger partial charge in [-0.05, 0) is 62.5 Å². The van der Waals surface area contributed by atoms with Crippen molar-refractivity contribution in [2.24, 2.45) is 0 Å². The molecular weight excluding hydrogens is 449 g/mol. The van der Waals surface area contributed by atoms with E-state index in [1.54, 1.807) is 0 Å². The lowest BCUT2D eigenvalue weighted by Gasteiger charge is -2.37. The molecule has 4 rings (SSSR count). The summed E-state index contributed by atoms with van der Waals surface area (Å²) in [6, 6.07) is 9.95. The maximum atomic E-state index is 11.0. The molecule has 0 saturated carbocycles. The number of carboxylic acid groups (broad SMARTS) is 1. The Labute approximate surface area is 199 Å². The zero-order valence-electron chi connectivity index (χ0n) is 18.3. The fourth-order valence-electron chi connectivity index (χ4n) is 4.66. The molecule has 5 nitrogen and oxygen atoms in total. The minimum atomic E-state index is -0.776. The normalized spacial score (nSPS) is 17.2. The zero-order valence-corrected chi connectivity index (χ0v) is 19.8. The lowest BCUT2D eigenvalue weighted by molar-refractivity contribution is -0.138. The number of benzene rings is 2. The number of carbonyl (C=O) groups is 1. The summed E-state index contributed by atoms with van der Waals surface area (Å²) in [5, 5.41) is 10.3. The van der Waals surface area contributed by atoms with Crippen molar-refractivity contribution >= 4 is 29.2 Å². The molecule has 1 N–H and O–H groups in total. The minimum absolute atomic E-state index is 0.0379. The molecule has 2 aromatic rings. The molecule has 0 radical (unpaired) electrons. The predicted molar refractivity (Wildman–Crippen MR) is 126 cm³/mol. The van der Waals surface area contributed by atoms with E-state index in [0.29, 0.717) is 29.0 Å². The highest BCUT2D eigenvalue weighted by Crippen LogP contribution is 2.46. The summed E-state index contributed by atoms with van der Waals surface area (Å²) in [6.07, 6.45) is 4.99. The van der Waals surface area contributed by atoms with Crippen LogP contribution in [-0.4, -0.2) is 42.2 Å². The summed E-state index contributed by atoms with van der Waals surface area (Å²) in [4.78, 5) is 13.0. The predicted octanol–water partition coefficient (Wildman–Crippen LogP) is 5.73. The van der Waals surface area contributed by atoms with Crippen LogP contribution >= 0.6 is 23.2 Å². The molecule has 1 saturated heterocycles. The van der Waals surface area contributed by atoms with Crippen molar-refractivity contribution in [2.75, 3.05) is 26.2 Å². The lowest BCUT2D eigenvalue weighted by atomic mass is 9.74. The molecule has 1 fully saturated rings. The van der Waals surface area contributed by atoms with Crippen LogP contribution in [0.3, 0.4) is 0 Å². The van der Waals surface area contributed by atoms with E-state index in [1.807, 2.05) is 29.2 Å². The Morgan fingerprint density at radius 2 is 1.91 bits per heavy atom. The Kier molecular flexibility index (Phi) is 7.18. The second kappa shape index (κ2) is 9.90. The molecule has 32 heavy (non-hydrogen) atoms. The highest BCUT2D eigenvalue weighted by Gasteiger charge is 2.43. The van der Waals surface area contributed by atoms with Gasteiger partial charge in [-0.2, -0.15) is 0 Å². The molecule has 0 aromatic heterocycles. The number of nitrogens with zero attached hydrogens (tertiary/aromatic N) is 1. The van der Waals surface area contributed by atoms with E-state index in [-0.39, 0.29) is 12.0 Å². The van der Waals surface area contributed by atoms with Crippen LogP contribution in [0.1, 0.15) is 49.3 Å². The number of hydrogen-bond donors (Lipinski definition) is 1. The molecule has 1 spiro atoms. The number of aryl methyl sites for hydroxylation is 1. The van der Waals surface area contributed by atoms with Gasteiger partial charge in [0.2, 0.25) is 0 Å². The molecule has 2 aliphatic heterocycles. The van der Waals surface area contributed by atoms with E-state index in [2.05, 4.69) is 13.0 Å². The number of piperidine rings is 1. The first-order chi connectivity index (χ1) is 15.4. The van der Waals surface area contributed by atoms with Crippen LogP contribution in [-0.2, 0) is 23.2 Å². The number of fused-ring (bicyclic) bond motifs is 2. The molecule has 2 heterocycles. The van der Waals surface area contributed by atoms with Gasteiger partial charge in [0.25, 0.3) is 0 Å². The largest absolute Gasteiger partial charge is 0.492 e. The topological polar surface area (TPSA) is 59.0 Å². The van der Waals surface area contributed by atoms with Crippen LogP contribution in [0.4, 0.5) is 0 Å². The summed E-state index contributed by atoms with van der Waals surface area (Å²) < 4.78 is 12.0. The molecule has 172 valence electrons. The first kappa shape index (κ1) is 23.2. The van der Waals surface area contributed by atoms with Gasteiger partial charge < -0.3 is 14.6 Å². The highest BCUT2D eigenvalue weighted by molar-refractivity contribution is 6.36. The second-order valence-corrected chi connectivity index (χ2v) is 9.64. The van der Waals surface area contributed by atoms with Gasteiger partial charge in [0, 0.05) is 32.7 Å². The summed E-state index contributed by atoms with van der Waals surface area (Å²) >= 11 is 13.0. The molecule has 0 unspecified atom stereocenters. The molecule has 0 atom stereocenters. The van der Waals surface area contributed by atoms with Crippen molar-refractivity contribution in [3.63, 3.8) is 0 Å². The van der Waals surface area contributed by atoms with Crippen LogP contribution in [0.2, 0.25) is 10.0 Å². The molecule has 2 aromatic carbocycles. The molecule has 0 amide bonds. The Hall–Kier alpha value is -1.95. The average Bonchev–Trinajstić information content (AvgIpc) is 3.10. The number of likely N-dealkylation sites (tertiary alicyclic amines) is 1. The van der Waals surface area contributed by atoms with Crippen molar-refractivity contribution < 1.29 is 19.4 Å². The molecule has 0 aliphatic carbocycles. The zero-order chi connectivity index (χ0) is 22.7. The first-order valence-electron chi connectivity index (χ1n) is 11.2. The quantitative estimate of drug-likeness (QED) is 0.526. The van der Waals surface area contributed by atoms with Gasteiger partial charge in [-0.15, -0.1) is 0 Å². The van der Waals surface area contributed by atoms with Gasteiger partial charge >= 0.3 is 5.97 Å². The number of ether oxygens (including phenoxy) is 2. The van der Waals surface area contributed by atoms with Crippen molar-refractivity contribution in [3.8, 4) is 11.5 Å². The van der Waals surface area contributed by atoms with Gasteiger partial charge in [-0.1, -0.05) is 42.6 Å². The SMILES string of the molecule is CCCCc1cc(Cl)c(COc2ccc3c(c2)OCC32CCN(CC(=O)O)CC2)c(Cl)c1. The molecule has 2 aliphatic rings. The third-order valence-electron chi connectivity index (χ3n) is 6.60. The van der Waals surface area contributed by atoms with Gasteiger partial charge in [0.05, 0.1) is 13.2 Å². The maximum Gasteiger partial charge on any atom is 0.317 e. The van der Waals surface area contributed by atoms with Crippen molar-refractivity contribution in [3.05, 3.63) is 57.1 Å². The standard InChI is InChI=1S/C25H29Cl2NO4/c1-2-3-4-17-11-21(26)19(22(27)12-17)15-31-18-5-6-20-23(13-18)32-16-25(20)7-9-28(10-8-25)14-24(29)30/h5-6,11-13H,2-4,7-10,14-16H2,1H3,(H,29,30). The molecule has 7 heteroatoms. The van der Waals surface area contributed by atoms with E-state index in [9.17, 15) is 4.79 Å². The number of hydrogen-bond acceptors (Lipinski definition) is 4. The van der Waals surface area contributed by atoms with Crippen LogP contribution < -0.4 is 9.47 Å². The third kappa shape index (κ3) is 5.00. The van der Waals surface area contributed by atoms with Crippen LogP contribution in [0.5, 0.6) is 11.5 Å². The van der Waals surface area contributed by atoms with E-state index < -0.39 is 5.97 Å². The van der Waals surface area contributed by atoms with Crippen LogP contribution in [0, 0.1) is 0 Å². The highest BCUT2D eigenvalue weighted by atomic mass is 35.5. The Bertz CT molecular complexity index is 963. The number of carboxylic acids is 1. The smallest absolute Gasteiger partial charge is 0.317 e. The van der Waals surface area contributed by atoms with Gasteiger partial charge in [-0.25, -0.2) is 0 Å². The maximum absolute atomic E-state index is 11.0. The summed E-state index contributed by atoms with van der Waals surface area (Å²) in [5.41, 5.74) is 3.09. The van der Waals surface area contributed by atoms with Gasteiger partial charge in [-0.3, -0.25) is 9.69 Å². The molecule has 0 bridgehead atoms. The van der Waals surface area contributed by atoms with Crippen molar-refractivity contribution in [1.82, 2.24) is 4.90 Å². The number of aliphatic carboxylic acids is 1. The fraction of sp³-hybridized carbons (Fsp3) is 0.480. The summed E-state index contributed by atoms with van der Waals surface area (Å²) in [5.74, 6) is 0.786. The fourth-order valence-corrected chi connectivity index (χ4v) is 5.30.